The van der Waals surface area contributed by atoms with Gasteiger partial charge in [0.05, 0.1) is 32.9 Å². The second-order valence-electron chi connectivity index (χ2n) is 8.88. The molecular weight excluding hydrogens is 492 g/mol. The number of Topliss-reactive ketones (excluding diaryl/α,β-unsaturated/α-hetero) is 1. The van der Waals surface area contributed by atoms with Crippen molar-refractivity contribution in [3.05, 3.63) is 90.4 Å². The minimum absolute atomic E-state index is 0.0734. The average Bonchev–Trinajstić information content (AvgIpc) is 3.48. The van der Waals surface area contributed by atoms with E-state index in [9.17, 15) is 13.2 Å². The number of fused-ring (bicyclic) bond motifs is 2. The van der Waals surface area contributed by atoms with Gasteiger partial charge in [-0.3, -0.25) is 9.78 Å². The highest BCUT2D eigenvalue weighted by atomic mass is 32.2. The summed E-state index contributed by atoms with van der Waals surface area (Å²) in [5.41, 5.74) is 5.27. The molecule has 1 aliphatic rings. The Hall–Kier alpha value is -3.82. The van der Waals surface area contributed by atoms with Crippen LogP contribution >= 0.6 is 11.3 Å². The summed E-state index contributed by atoms with van der Waals surface area (Å²) in [5.74, 6) is -0.533. The van der Waals surface area contributed by atoms with Crippen LogP contribution in [0.4, 0.5) is 11.4 Å². The number of pyridine rings is 1. The number of rotatable bonds is 6. The van der Waals surface area contributed by atoms with Gasteiger partial charge in [0.25, 0.3) is 0 Å². The molecule has 7 nitrogen and oxygen atoms in total. The molecule has 1 aliphatic carbocycles. The van der Waals surface area contributed by atoms with Crippen LogP contribution in [-0.4, -0.2) is 34.9 Å². The van der Waals surface area contributed by atoms with Crippen molar-refractivity contribution < 1.29 is 13.2 Å². The van der Waals surface area contributed by atoms with Crippen molar-refractivity contribution in [3.63, 3.8) is 0 Å². The number of hydrogen-bond donors (Lipinski definition) is 2. The summed E-state index contributed by atoms with van der Waals surface area (Å²) in [7, 11) is -3.63. The normalized spacial score (nSPS) is 15.7. The van der Waals surface area contributed by atoms with Crippen LogP contribution < -0.4 is 5.32 Å². The van der Waals surface area contributed by atoms with E-state index < -0.39 is 9.84 Å². The van der Waals surface area contributed by atoms with E-state index in [1.807, 2.05) is 66.7 Å². The molecule has 36 heavy (non-hydrogen) atoms. The number of carbonyl (C=O) groups is 1. The number of benzene rings is 2. The van der Waals surface area contributed by atoms with E-state index in [1.54, 1.807) is 12.4 Å². The summed E-state index contributed by atoms with van der Waals surface area (Å²) in [5, 5.41) is 3.41. The van der Waals surface area contributed by atoms with Crippen LogP contribution in [0.1, 0.15) is 22.5 Å². The molecule has 1 atom stereocenters. The number of H-pyrrole nitrogens is 1. The Morgan fingerprint density at radius 3 is 2.50 bits per heavy atom. The summed E-state index contributed by atoms with van der Waals surface area (Å²) in [6.45, 7) is 0. The molecule has 3 aromatic heterocycles. The van der Waals surface area contributed by atoms with Crippen molar-refractivity contribution in [3.8, 4) is 11.3 Å². The Balaban J connectivity index is 1.34. The zero-order valence-corrected chi connectivity index (χ0v) is 20.8. The van der Waals surface area contributed by atoms with Gasteiger partial charge in [-0.25, -0.2) is 13.4 Å². The van der Waals surface area contributed by atoms with Crippen LogP contribution in [0.15, 0.2) is 83.5 Å². The molecular formula is C27H22N4O3S2. The Morgan fingerprint density at radius 2 is 1.72 bits per heavy atom. The van der Waals surface area contributed by atoms with E-state index in [0.717, 1.165) is 27.3 Å². The van der Waals surface area contributed by atoms with E-state index in [4.69, 9.17) is 0 Å². The minimum atomic E-state index is -3.63. The Labute approximate surface area is 212 Å². The monoisotopic (exact) mass is 514 g/mol. The molecule has 5 aromatic rings. The maximum atomic E-state index is 13.4. The summed E-state index contributed by atoms with van der Waals surface area (Å²) in [6.07, 6.45) is 4.03. The number of ketones is 1. The zero-order valence-electron chi connectivity index (χ0n) is 19.1. The first-order valence-electron chi connectivity index (χ1n) is 11.6. The van der Waals surface area contributed by atoms with Crippen molar-refractivity contribution >= 4 is 48.5 Å². The van der Waals surface area contributed by atoms with E-state index in [0.29, 0.717) is 23.2 Å². The molecule has 0 bridgehead atoms. The van der Waals surface area contributed by atoms with Gasteiger partial charge in [-0.1, -0.05) is 30.3 Å². The molecule has 0 radical (unpaired) electrons. The third-order valence-corrected chi connectivity index (χ3v) is 9.71. The lowest BCUT2D eigenvalue weighted by Crippen LogP contribution is -2.26. The van der Waals surface area contributed by atoms with E-state index in [1.165, 1.54) is 11.3 Å². The molecule has 3 heterocycles. The summed E-state index contributed by atoms with van der Waals surface area (Å²) in [4.78, 5) is 25.3. The van der Waals surface area contributed by atoms with E-state index in [-0.39, 0.29) is 28.2 Å². The fraction of sp³-hybridized carbons (Fsp3) is 0.148. The van der Waals surface area contributed by atoms with Gasteiger partial charge in [-0.15, -0.1) is 11.3 Å². The average molecular weight is 515 g/mol. The van der Waals surface area contributed by atoms with E-state index in [2.05, 4.69) is 20.3 Å². The van der Waals surface area contributed by atoms with Gasteiger partial charge in [0, 0.05) is 35.8 Å². The van der Waals surface area contributed by atoms with Crippen LogP contribution in [-0.2, 0) is 16.3 Å². The van der Waals surface area contributed by atoms with Gasteiger partial charge in [0.2, 0.25) is 14.2 Å². The minimum Gasteiger partial charge on any atom is -0.356 e. The van der Waals surface area contributed by atoms with Gasteiger partial charge in [0.15, 0.2) is 5.78 Å². The summed E-state index contributed by atoms with van der Waals surface area (Å²) < 4.78 is 27.4. The number of aromatic amines is 1. The number of nitrogens with zero attached hydrogens (tertiary/aromatic N) is 2. The van der Waals surface area contributed by atoms with Crippen LogP contribution in [0.3, 0.4) is 0 Å². The predicted molar refractivity (Wildman–Crippen MR) is 142 cm³/mol. The Morgan fingerprint density at radius 1 is 0.972 bits per heavy atom. The molecule has 0 aliphatic heterocycles. The van der Waals surface area contributed by atoms with Crippen molar-refractivity contribution in [2.75, 3.05) is 11.1 Å². The molecule has 2 aromatic carbocycles. The van der Waals surface area contributed by atoms with Crippen molar-refractivity contribution in [2.24, 2.45) is 5.92 Å². The third-order valence-electron chi connectivity index (χ3n) is 6.33. The van der Waals surface area contributed by atoms with Gasteiger partial charge in [-0.2, -0.15) is 0 Å². The fourth-order valence-electron chi connectivity index (χ4n) is 4.75. The molecule has 0 saturated carbocycles. The van der Waals surface area contributed by atoms with Crippen molar-refractivity contribution in [1.82, 2.24) is 15.0 Å². The number of nitrogens with one attached hydrogen (secondary N) is 2. The molecule has 0 spiro atoms. The smallest absolute Gasteiger partial charge is 0.210 e. The lowest BCUT2D eigenvalue weighted by atomic mass is 9.87. The molecule has 9 heteroatoms. The van der Waals surface area contributed by atoms with Crippen LogP contribution in [0.5, 0.6) is 0 Å². The Kier molecular flexibility index (Phi) is 5.66. The second kappa shape index (κ2) is 9.00. The molecule has 180 valence electrons. The van der Waals surface area contributed by atoms with Gasteiger partial charge >= 0.3 is 0 Å². The first-order valence-corrected chi connectivity index (χ1v) is 14.0. The number of thiazole rings is 1. The topological polar surface area (TPSA) is 105 Å². The molecule has 0 saturated heterocycles. The van der Waals surface area contributed by atoms with Crippen molar-refractivity contribution in [2.45, 2.75) is 17.2 Å². The molecule has 0 amide bonds. The van der Waals surface area contributed by atoms with E-state index >= 15 is 0 Å². The van der Waals surface area contributed by atoms with Gasteiger partial charge in [-0.05, 0) is 48.7 Å². The molecule has 1 unspecified atom stereocenters. The maximum absolute atomic E-state index is 13.4. The first-order chi connectivity index (χ1) is 17.5. The van der Waals surface area contributed by atoms with Crippen molar-refractivity contribution in [1.29, 1.82) is 0 Å². The predicted octanol–water partition coefficient (Wildman–Crippen LogP) is 5.65. The number of aromatic nitrogens is 3. The van der Waals surface area contributed by atoms with Gasteiger partial charge < -0.3 is 10.3 Å². The Bertz CT molecular complexity index is 1640. The molecule has 2 N–H and O–H groups in total. The van der Waals surface area contributed by atoms with Crippen LogP contribution in [0.2, 0.25) is 0 Å². The highest BCUT2D eigenvalue weighted by Crippen LogP contribution is 2.40. The fourth-order valence-corrected chi connectivity index (χ4v) is 7.66. The number of carbonyl (C=O) groups excluding carboxylic acids is 1. The number of anilines is 2. The first kappa shape index (κ1) is 22.6. The van der Waals surface area contributed by atoms with Gasteiger partial charge in [0.1, 0.15) is 0 Å². The molecule has 6 rings (SSSR count). The summed E-state index contributed by atoms with van der Waals surface area (Å²) in [6, 6.07) is 20.8. The largest absolute Gasteiger partial charge is 0.356 e. The highest BCUT2D eigenvalue weighted by Gasteiger charge is 2.35. The quantitative estimate of drug-likeness (QED) is 0.303. The lowest BCUT2D eigenvalue weighted by Gasteiger charge is -2.21. The maximum Gasteiger partial charge on any atom is 0.210 e. The summed E-state index contributed by atoms with van der Waals surface area (Å²) >= 11 is 1.18. The van der Waals surface area contributed by atoms with Crippen LogP contribution in [0, 0.1) is 5.92 Å². The lowest BCUT2D eigenvalue weighted by molar-refractivity contribution is 0.0955. The molecule has 0 fully saturated rings. The highest BCUT2D eigenvalue weighted by molar-refractivity contribution is 7.93. The third kappa shape index (κ3) is 4.20. The number of para-hydroxylation sites is 2. The number of hydrogen-bond acceptors (Lipinski definition) is 7. The zero-order chi connectivity index (χ0) is 24.7. The SMILES string of the molecule is O=C1CC(CS(=O)(=O)c2nc3ccccc3s2)Cc2[nH]c(-c3ccncc3)c(Nc3ccccc3)c21. The standard InChI is InChI=1S/C27H22N4O3S2/c32-22-15-17(16-36(33,34)27-31-20-8-4-5-9-23(20)35-27)14-21-24(22)26(29-19-6-2-1-3-7-19)25(30-21)18-10-12-28-13-11-18/h1-13,17,29-30H,14-16H2. The second-order valence-corrected chi connectivity index (χ2v) is 12.1. The van der Waals surface area contributed by atoms with Crippen LogP contribution in [0.25, 0.3) is 21.5 Å². The number of sulfone groups is 1.